The first-order valence-electron chi connectivity index (χ1n) is 7.22. The first kappa shape index (κ1) is 16.0. The molecule has 1 atom stereocenters. The molecule has 1 amide bonds. The van der Waals surface area contributed by atoms with E-state index in [-0.39, 0.29) is 11.7 Å². The van der Waals surface area contributed by atoms with Gasteiger partial charge in [0.1, 0.15) is 11.6 Å². The highest BCUT2D eigenvalue weighted by Gasteiger charge is 2.15. The summed E-state index contributed by atoms with van der Waals surface area (Å²) in [6.45, 7) is 6.01. The molecule has 0 aromatic heterocycles. The van der Waals surface area contributed by atoms with Gasteiger partial charge in [0, 0.05) is 6.54 Å². The molecule has 0 radical (unpaired) electrons. The number of aryl methyl sites for hydroxylation is 2. The van der Waals surface area contributed by atoms with E-state index in [1.807, 2.05) is 32.0 Å². The molecule has 2 aromatic carbocycles. The highest BCUT2D eigenvalue weighted by molar-refractivity contribution is 5.80. The Morgan fingerprint density at radius 3 is 2.50 bits per heavy atom. The number of ether oxygens (including phenoxy) is 1. The summed E-state index contributed by atoms with van der Waals surface area (Å²) in [7, 11) is 0. The van der Waals surface area contributed by atoms with Gasteiger partial charge in [0.15, 0.2) is 6.10 Å². The Hall–Kier alpha value is -2.36. The number of carbonyl (C=O) groups is 1. The number of rotatable bonds is 5. The molecule has 0 unspecified atom stereocenters. The smallest absolute Gasteiger partial charge is 0.261 e. The molecular weight excluding hydrogens is 281 g/mol. The second-order valence-corrected chi connectivity index (χ2v) is 5.37. The SMILES string of the molecule is Cc1ccc(O[C@H](C)C(=O)NCc2ccc(F)cc2)c(C)c1. The molecule has 2 rings (SSSR count). The quantitative estimate of drug-likeness (QED) is 0.917. The second-order valence-electron chi connectivity index (χ2n) is 5.37. The number of halogens is 1. The summed E-state index contributed by atoms with van der Waals surface area (Å²) < 4.78 is 18.5. The Kier molecular flexibility index (Phi) is 5.15. The van der Waals surface area contributed by atoms with Crippen molar-refractivity contribution >= 4 is 5.91 Å². The van der Waals surface area contributed by atoms with Crippen LogP contribution in [0.1, 0.15) is 23.6 Å². The molecule has 0 bridgehead atoms. The maximum Gasteiger partial charge on any atom is 0.261 e. The normalized spacial score (nSPS) is 11.8. The number of nitrogens with one attached hydrogen (secondary N) is 1. The summed E-state index contributed by atoms with van der Waals surface area (Å²) in [6.07, 6.45) is -0.596. The van der Waals surface area contributed by atoms with Crippen LogP contribution < -0.4 is 10.1 Å². The molecule has 0 heterocycles. The van der Waals surface area contributed by atoms with Crippen LogP contribution in [0.4, 0.5) is 4.39 Å². The van der Waals surface area contributed by atoms with Crippen molar-refractivity contribution < 1.29 is 13.9 Å². The molecule has 4 heteroatoms. The monoisotopic (exact) mass is 301 g/mol. The number of hydrogen-bond acceptors (Lipinski definition) is 2. The first-order chi connectivity index (χ1) is 10.5. The van der Waals surface area contributed by atoms with Crippen molar-refractivity contribution in [1.29, 1.82) is 0 Å². The fourth-order valence-corrected chi connectivity index (χ4v) is 2.11. The predicted molar refractivity (Wildman–Crippen MR) is 84.3 cm³/mol. The highest BCUT2D eigenvalue weighted by atomic mass is 19.1. The molecule has 116 valence electrons. The Bertz CT molecular complexity index is 653. The van der Waals surface area contributed by atoms with Crippen LogP contribution in [-0.2, 0) is 11.3 Å². The standard InChI is InChI=1S/C18H20FNO2/c1-12-4-9-17(13(2)10-12)22-14(3)18(21)20-11-15-5-7-16(19)8-6-15/h4-10,14H,11H2,1-3H3,(H,20,21)/t14-/m1/s1. The van der Waals surface area contributed by atoms with Crippen LogP contribution in [0.15, 0.2) is 42.5 Å². The number of hydrogen-bond donors (Lipinski definition) is 1. The van der Waals surface area contributed by atoms with Gasteiger partial charge in [-0.3, -0.25) is 4.79 Å². The zero-order chi connectivity index (χ0) is 16.1. The molecule has 0 aliphatic carbocycles. The molecule has 0 aliphatic heterocycles. The molecule has 0 saturated heterocycles. The molecule has 0 spiro atoms. The van der Waals surface area contributed by atoms with Gasteiger partial charge in [-0.15, -0.1) is 0 Å². The Labute approximate surface area is 130 Å². The van der Waals surface area contributed by atoms with E-state index >= 15 is 0 Å². The number of benzene rings is 2. The van der Waals surface area contributed by atoms with Crippen molar-refractivity contribution in [2.75, 3.05) is 0 Å². The van der Waals surface area contributed by atoms with Gasteiger partial charge in [-0.1, -0.05) is 29.8 Å². The van der Waals surface area contributed by atoms with E-state index in [1.54, 1.807) is 19.1 Å². The molecule has 22 heavy (non-hydrogen) atoms. The van der Waals surface area contributed by atoms with Crippen LogP contribution in [0, 0.1) is 19.7 Å². The maximum atomic E-state index is 12.8. The van der Waals surface area contributed by atoms with Crippen molar-refractivity contribution in [2.24, 2.45) is 0 Å². The lowest BCUT2D eigenvalue weighted by Gasteiger charge is -2.16. The van der Waals surface area contributed by atoms with Crippen molar-refractivity contribution in [3.63, 3.8) is 0 Å². The lowest BCUT2D eigenvalue weighted by molar-refractivity contribution is -0.127. The van der Waals surface area contributed by atoms with E-state index in [1.165, 1.54) is 12.1 Å². The predicted octanol–water partition coefficient (Wildman–Crippen LogP) is 3.53. The third-order valence-electron chi connectivity index (χ3n) is 3.38. The molecule has 0 fully saturated rings. The van der Waals surface area contributed by atoms with Gasteiger partial charge in [-0.2, -0.15) is 0 Å². The van der Waals surface area contributed by atoms with Crippen LogP contribution in [0.25, 0.3) is 0 Å². The summed E-state index contributed by atoms with van der Waals surface area (Å²) in [5, 5.41) is 2.78. The van der Waals surface area contributed by atoms with E-state index in [0.717, 1.165) is 16.7 Å². The molecule has 0 aliphatic rings. The Morgan fingerprint density at radius 1 is 1.18 bits per heavy atom. The Balaban J connectivity index is 1.90. The summed E-state index contributed by atoms with van der Waals surface area (Å²) in [4.78, 5) is 12.1. The average Bonchev–Trinajstić information content (AvgIpc) is 2.49. The minimum atomic E-state index is -0.596. The Morgan fingerprint density at radius 2 is 1.86 bits per heavy atom. The molecule has 2 aromatic rings. The van der Waals surface area contributed by atoms with E-state index in [9.17, 15) is 9.18 Å². The van der Waals surface area contributed by atoms with Crippen molar-refractivity contribution in [2.45, 2.75) is 33.4 Å². The average molecular weight is 301 g/mol. The van der Waals surface area contributed by atoms with E-state index < -0.39 is 6.10 Å². The zero-order valence-electron chi connectivity index (χ0n) is 13.0. The first-order valence-corrected chi connectivity index (χ1v) is 7.22. The zero-order valence-corrected chi connectivity index (χ0v) is 13.0. The van der Waals surface area contributed by atoms with Crippen molar-refractivity contribution in [3.05, 3.63) is 65.0 Å². The number of amides is 1. The second kappa shape index (κ2) is 7.07. The lowest BCUT2D eigenvalue weighted by Crippen LogP contribution is -2.36. The van der Waals surface area contributed by atoms with Crippen LogP contribution in [0.2, 0.25) is 0 Å². The molecule has 3 nitrogen and oxygen atoms in total. The third-order valence-corrected chi connectivity index (χ3v) is 3.38. The van der Waals surface area contributed by atoms with Crippen LogP contribution in [-0.4, -0.2) is 12.0 Å². The third kappa shape index (κ3) is 4.32. The fraction of sp³-hybridized carbons (Fsp3) is 0.278. The minimum Gasteiger partial charge on any atom is -0.481 e. The van der Waals surface area contributed by atoms with Gasteiger partial charge in [0.2, 0.25) is 0 Å². The molecule has 0 saturated carbocycles. The van der Waals surface area contributed by atoms with Gasteiger partial charge in [-0.25, -0.2) is 4.39 Å². The van der Waals surface area contributed by atoms with Crippen molar-refractivity contribution in [3.8, 4) is 5.75 Å². The molecular formula is C18H20FNO2. The van der Waals surface area contributed by atoms with Gasteiger partial charge in [-0.05, 0) is 50.1 Å². The van der Waals surface area contributed by atoms with Crippen molar-refractivity contribution in [1.82, 2.24) is 5.32 Å². The topological polar surface area (TPSA) is 38.3 Å². The lowest BCUT2D eigenvalue weighted by atomic mass is 10.1. The summed E-state index contributed by atoms with van der Waals surface area (Å²) >= 11 is 0. The van der Waals surface area contributed by atoms with Gasteiger partial charge < -0.3 is 10.1 Å². The van der Waals surface area contributed by atoms with Crippen LogP contribution in [0.5, 0.6) is 5.75 Å². The van der Waals surface area contributed by atoms with Gasteiger partial charge in [0.05, 0.1) is 0 Å². The van der Waals surface area contributed by atoms with Crippen LogP contribution in [0.3, 0.4) is 0 Å². The largest absolute Gasteiger partial charge is 0.481 e. The van der Waals surface area contributed by atoms with Crippen LogP contribution >= 0.6 is 0 Å². The number of carbonyl (C=O) groups excluding carboxylic acids is 1. The van der Waals surface area contributed by atoms with E-state index in [2.05, 4.69) is 5.32 Å². The highest BCUT2D eigenvalue weighted by Crippen LogP contribution is 2.20. The summed E-state index contributed by atoms with van der Waals surface area (Å²) in [6, 6.07) is 11.9. The van der Waals surface area contributed by atoms with Gasteiger partial charge >= 0.3 is 0 Å². The van der Waals surface area contributed by atoms with Gasteiger partial charge in [0.25, 0.3) is 5.91 Å². The van der Waals surface area contributed by atoms with E-state index in [0.29, 0.717) is 12.3 Å². The minimum absolute atomic E-state index is 0.204. The fourth-order valence-electron chi connectivity index (χ4n) is 2.11. The molecule has 1 N–H and O–H groups in total. The summed E-state index contributed by atoms with van der Waals surface area (Å²) in [5.74, 6) is 0.209. The maximum absolute atomic E-state index is 12.8. The summed E-state index contributed by atoms with van der Waals surface area (Å²) in [5.41, 5.74) is 2.99. The van der Waals surface area contributed by atoms with E-state index in [4.69, 9.17) is 4.74 Å².